The number of methoxy groups -OCH3 is 1. The van der Waals surface area contributed by atoms with Gasteiger partial charge in [-0.2, -0.15) is 5.10 Å². The number of benzene rings is 1. The molecule has 1 aromatic carbocycles. The second-order valence-corrected chi connectivity index (χ2v) is 10.2. The molecule has 1 fully saturated rings. The number of aromatic amines is 1. The Balaban J connectivity index is 1.40. The molecular weight excluding hydrogens is 555 g/mol. The van der Waals surface area contributed by atoms with Crippen molar-refractivity contribution in [2.75, 3.05) is 40.4 Å². The summed E-state index contributed by atoms with van der Waals surface area (Å²) >= 11 is 3.68. The average molecular weight is 584 g/mol. The summed E-state index contributed by atoms with van der Waals surface area (Å²) in [5.41, 5.74) is 3.06. The molecule has 2 amide bonds. The molecule has 38 heavy (non-hydrogen) atoms. The Kier molecular flexibility index (Phi) is 7.65. The molecule has 0 aliphatic carbocycles. The normalized spacial score (nSPS) is 23.5. The van der Waals surface area contributed by atoms with E-state index >= 15 is 0 Å². The minimum atomic E-state index is -0.402. The van der Waals surface area contributed by atoms with Crippen LogP contribution in [0.2, 0.25) is 0 Å². The molecule has 5 rings (SSSR count). The highest BCUT2D eigenvalue weighted by Crippen LogP contribution is 2.37. The SMILES string of the molecule is COCCN1C[C@@H](NC(=O)NC2=C(Br)C(c3cn[nH]c3)=N[N+]2(C)c2ccccc2)[C@H](c2cncc(F)c2)C1. The Bertz CT molecular complexity index is 1350. The maximum Gasteiger partial charge on any atom is 0.323 e. The number of nitrogens with one attached hydrogen (secondary N) is 3. The Morgan fingerprint density at radius 1 is 1.26 bits per heavy atom. The predicted octanol–water partition coefficient (Wildman–Crippen LogP) is 3.28. The van der Waals surface area contributed by atoms with E-state index in [1.807, 2.05) is 37.4 Å². The largest absolute Gasteiger partial charge is 0.383 e. The maximum absolute atomic E-state index is 14.0. The first kappa shape index (κ1) is 26.2. The number of amides is 2. The van der Waals surface area contributed by atoms with Gasteiger partial charge in [-0.25, -0.2) is 9.18 Å². The number of allylic oxidation sites excluding steroid dienone is 1. The number of H-pyrrole nitrogens is 1. The Hall–Kier alpha value is -3.45. The lowest BCUT2D eigenvalue weighted by Gasteiger charge is -2.27. The van der Waals surface area contributed by atoms with Crippen LogP contribution in [0.1, 0.15) is 17.0 Å². The van der Waals surface area contributed by atoms with E-state index in [0.29, 0.717) is 42.3 Å². The van der Waals surface area contributed by atoms with Gasteiger partial charge in [-0.15, -0.1) is 4.59 Å². The van der Waals surface area contributed by atoms with Crippen molar-refractivity contribution in [1.82, 2.24) is 35.3 Å². The standard InChI is InChI=1S/C26H28BrFN8O2/c1-36(20-6-4-3-5-7-20)25(23(27)24(34-36)18-12-30-31-13-18)33-26(37)32-22-16-35(8-9-38-2)15-21(22)17-10-19(28)14-29-11-17/h3-7,10-14,21-22H,8-9,15-16H2,1-2H3,(H2-,30,31,32,33,34,37)/p+1/t21-,22+,36?/m0/s1. The third-order valence-corrected chi connectivity index (χ3v) is 7.64. The summed E-state index contributed by atoms with van der Waals surface area (Å²) in [6, 6.07) is 10.5. The number of urea groups is 1. The molecule has 3 N–H and O–H groups in total. The van der Waals surface area contributed by atoms with Gasteiger partial charge in [-0.05, 0) is 27.6 Å². The lowest BCUT2D eigenvalue weighted by molar-refractivity contribution is 0.159. The summed E-state index contributed by atoms with van der Waals surface area (Å²) in [5, 5.41) is 18.0. The second kappa shape index (κ2) is 11.1. The van der Waals surface area contributed by atoms with Crippen molar-refractivity contribution in [3.05, 3.63) is 88.4 Å². The average Bonchev–Trinajstić information content (AvgIpc) is 3.64. The molecule has 198 valence electrons. The van der Waals surface area contributed by atoms with Crippen molar-refractivity contribution in [3.63, 3.8) is 0 Å². The Morgan fingerprint density at radius 2 is 2.08 bits per heavy atom. The molecule has 2 aliphatic rings. The van der Waals surface area contributed by atoms with Crippen LogP contribution in [0.15, 0.2) is 76.6 Å². The van der Waals surface area contributed by atoms with Crippen LogP contribution in [0, 0.1) is 5.82 Å². The first-order chi connectivity index (χ1) is 18.4. The molecule has 0 bridgehead atoms. The smallest absolute Gasteiger partial charge is 0.323 e. The third-order valence-electron chi connectivity index (χ3n) is 6.89. The number of carbonyl (C=O) groups excluding carboxylic acids is 1. The fourth-order valence-corrected chi connectivity index (χ4v) is 5.70. The Morgan fingerprint density at radius 3 is 2.79 bits per heavy atom. The zero-order chi connectivity index (χ0) is 26.7. The van der Waals surface area contributed by atoms with Crippen LogP contribution in [0.3, 0.4) is 0 Å². The molecule has 2 aliphatic heterocycles. The summed E-state index contributed by atoms with van der Waals surface area (Å²) in [4.78, 5) is 19.7. The molecule has 1 unspecified atom stereocenters. The minimum Gasteiger partial charge on any atom is -0.383 e. The summed E-state index contributed by atoms with van der Waals surface area (Å²) in [6.07, 6.45) is 6.28. The van der Waals surface area contributed by atoms with Crippen molar-refractivity contribution in [2.45, 2.75) is 12.0 Å². The Labute approximate surface area is 228 Å². The first-order valence-corrected chi connectivity index (χ1v) is 13.0. The number of nitrogens with zero attached hydrogens (tertiary/aromatic N) is 5. The van der Waals surface area contributed by atoms with Crippen LogP contribution >= 0.6 is 15.9 Å². The molecule has 0 saturated carbocycles. The maximum atomic E-state index is 14.0. The van der Waals surface area contributed by atoms with E-state index in [1.165, 1.54) is 12.3 Å². The van der Waals surface area contributed by atoms with Gasteiger partial charge in [-0.3, -0.25) is 20.3 Å². The third kappa shape index (κ3) is 5.25. The topological polar surface area (TPSA) is 108 Å². The van der Waals surface area contributed by atoms with Crippen LogP contribution < -0.4 is 15.2 Å². The van der Waals surface area contributed by atoms with E-state index < -0.39 is 5.82 Å². The van der Waals surface area contributed by atoms with E-state index in [-0.39, 0.29) is 22.6 Å². The van der Waals surface area contributed by atoms with Crippen LogP contribution in [0.25, 0.3) is 0 Å². The van der Waals surface area contributed by atoms with Gasteiger partial charge in [0.25, 0.3) is 5.82 Å². The van der Waals surface area contributed by atoms with Gasteiger partial charge in [0.1, 0.15) is 17.3 Å². The number of quaternary nitrogens is 1. The second-order valence-electron chi connectivity index (χ2n) is 9.39. The number of carbonyl (C=O) groups is 1. The van der Waals surface area contributed by atoms with Gasteiger partial charge >= 0.3 is 6.03 Å². The predicted molar refractivity (Wildman–Crippen MR) is 146 cm³/mol. The minimum absolute atomic E-state index is 0.00275. The van der Waals surface area contributed by atoms with Crippen molar-refractivity contribution < 1.29 is 13.9 Å². The number of rotatable bonds is 8. The van der Waals surface area contributed by atoms with Crippen molar-refractivity contribution in [2.24, 2.45) is 5.10 Å². The van der Waals surface area contributed by atoms with Crippen molar-refractivity contribution in [3.8, 4) is 0 Å². The zero-order valence-electron chi connectivity index (χ0n) is 21.1. The van der Waals surface area contributed by atoms with E-state index in [9.17, 15) is 9.18 Å². The van der Waals surface area contributed by atoms with Gasteiger partial charge in [0, 0.05) is 62.8 Å². The number of ether oxygens (including phenoxy) is 1. The number of halogens is 2. The van der Waals surface area contributed by atoms with E-state index in [0.717, 1.165) is 16.8 Å². The highest BCUT2D eigenvalue weighted by Gasteiger charge is 2.44. The van der Waals surface area contributed by atoms with Crippen molar-refractivity contribution in [1.29, 1.82) is 0 Å². The fraction of sp³-hybridized carbons (Fsp3) is 0.308. The lowest BCUT2D eigenvalue weighted by atomic mass is 9.96. The lowest BCUT2D eigenvalue weighted by Crippen LogP contribution is -2.50. The van der Waals surface area contributed by atoms with E-state index in [2.05, 4.69) is 46.6 Å². The molecule has 0 spiro atoms. The molecule has 3 aromatic rings. The summed E-state index contributed by atoms with van der Waals surface area (Å²) in [7, 11) is 3.56. The van der Waals surface area contributed by atoms with Gasteiger partial charge in [0.05, 0.1) is 25.0 Å². The van der Waals surface area contributed by atoms with Crippen LogP contribution in [0.4, 0.5) is 14.9 Å². The molecular formula is C26H29BrFN8O2+. The molecule has 4 heterocycles. The number of hydrogen-bond acceptors (Lipinski definition) is 6. The van der Waals surface area contributed by atoms with E-state index in [4.69, 9.17) is 9.84 Å². The molecule has 2 aromatic heterocycles. The summed E-state index contributed by atoms with van der Waals surface area (Å²) in [6.45, 7) is 2.52. The molecule has 12 heteroatoms. The highest BCUT2D eigenvalue weighted by molar-refractivity contribution is 9.12. The molecule has 10 nitrogen and oxygen atoms in total. The number of aromatic nitrogens is 3. The highest BCUT2D eigenvalue weighted by atomic mass is 79.9. The fourth-order valence-electron chi connectivity index (χ4n) is 4.95. The number of pyridine rings is 1. The van der Waals surface area contributed by atoms with Gasteiger partial charge in [0.2, 0.25) is 0 Å². The molecule has 1 saturated heterocycles. The van der Waals surface area contributed by atoms with Gasteiger partial charge in [0.15, 0.2) is 11.4 Å². The van der Waals surface area contributed by atoms with Crippen LogP contribution in [-0.4, -0.2) is 78.3 Å². The summed E-state index contributed by atoms with van der Waals surface area (Å²) < 4.78 is 19.9. The molecule has 0 radical (unpaired) electrons. The quantitative estimate of drug-likeness (QED) is 0.353. The summed E-state index contributed by atoms with van der Waals surface area (Å²) in [5.74, 6) is 0.0265. The monoisotopic (exact) mass is 583 g/mol. The van der Waals surface area contributed by atoms with Gasteiger partial charge in [-0.1, -0.05) is 23.3 Å². The first-order valence-electron chi connectivity index (χ1n) is 12.2. The number of hydrogen-bond donors (Lipinski definition) is 3. The van der Waals surface area contributed by atoms with Gasteiger partial charge < -0.3 is 10.1 Å². The zero-order valence-corrected chi connectivity index (χ0v) is 22.7. The number of likely N-dealkylation sites (tertiary alicyclic amines) is 1. The van der Waals surface area contributed by atoms with E-state index in [1.54, 1.807) is 25.7 Å². The van der Waals surface area contributed by atoms with Crippen molar-refractivity contribution >= 4 is 33.4 Å². The van der Waals surface area contributed by atoms with Crippen LogP contribution in [-0.2, 0) is 4.74 Å². The van der Waals surface area contributed by atoms with Crippen LogP contribution in [0.5, 0.6) is 0 Å². The molecule has 3 atom stereocenters. The number of para-hydroxylation sites is 1.